The molecule has 1 aliphatic rings. The molecule has 6 nitrogen and oxygen atoms in total. The first kappa shape index (κ1) is 15.5. The van der Waals surface area contributed by atoms with Gasteiger partial charge >= 0.3 is 0 Å². The Morgan fingerprint density at radius 1 is 1.26 bits per heavy atom. The fraction of sp³-hybridized carbons (Fsp3) is 0.471. The van der Waals surface area contributed by atoms with Crippen molar-refractivity contribution in [3.05, 3.63) is 30.7 Å². The molecule has 23 heavy (non-hydrogen) atoms. The van der Waals surface area contributed by atoms with E-state index in [2.05, 4.69) is 15.5 Å². The second-order valence-corrected chi connectivity index (χ2v) is 5.87. The van der Waals surface area contributed by atoms with Gasteiger partial charge in [0.05, 0.1) is 0 Å². The Morgan fingerprint density at radius 3 is 2.65 bits per heavy atom. The van der Waals surface area contributed by atoms with Crippen LogP contribution in [-0.4, -0.2) is 28.3 Å². The van der Waals surface area contributed by atoms with Crippen molar-refractivity contribution >= 4 is 5.91 Å². The van der Waals surface area contributed by atoms with Crippen LogP contribution in [0.1, 0.15) is 39.0 Å². The van der Waals surface area contributed by atoms with E-state index in [9.17, 15) is 4.79 Å². The minimum Gasteiger partial charge on any atom is -0.481 e. The molecule has 1 saturated carbocycles. The van der Waals surface area contributed by atoms with E-state index in [0.717, 1.165) is 18.4 Å². The number of hydrogen-bond acceptors (Lipinski definition) is 5. The Bertz CT molecular complexity index is 619. The molecule has 1 amide bonds. The van der Waals surface area contributed by atoms with Crippen LogP contribution in [0, 0.1) is 0 Å². The van der Waals surface area contributed by atoms with Crippen molar-refractivity contribution in [2.75, 3.05) is 0 Å². The number of carbonyl (C=O) groups is 1. The molecule has 122 valence electrons. The van der Waals surface area contributed by atoms with E-state index in [1.807, 2.05) is 12.1 Å². The zero-order valence-corrected chi connectivity index (χ0v) is 13.2. The van der Waals surface area contributed by atoms with Crippen molar-refractivity contribution in [3.8, 4) is 17.2 Å². The average Bonchev–Trinajstić information content (AvgIpc) is 3.11. The molecule has 1 aliphatic carbocycles. The largest absolute Gasteiger partial charge is 0.481 e. The molecule has 1 atom stereocenters. The van der Waals surface area contributed by atoms with E-state index in [0.29, 0.717) is 17.7 Å². The third kappa shape index (κ3) is 4.09. The van der Waals surface area contributed by atoms with Gasteiger partial charge in [0.2, 0.25) is 12.3 Å². The average molecular weight is 315 g/mol. The molecular formula is C17H21N3O3. The molecule has 0 bridgehead atoms. The number of ether oxygens (including phenoxy) is 1. The Kier molecular flexibility index (Phi) is 4.90. The highest BCUT2D eigenvalue weighted by atomic mass is 16.5. The highest BCUT2D eigenvalue weighted by molar-refractivity contribution is 5.81. The lowest BCUT2D eigenvalue weighted by atomic mass is 9.95. The van der Waals surface area contributed by atoms with Crippen LogP contribution < -0.4 is 10.1 Å². The molecule has 0 unspecified atom stereocenters. The predicted octanol–water partition coefficient (Wildman–Crippen LogP) is 2.95. The number of carbonyl (C=O) groups excluding carboxylic acids is 1. The summed E-state index contributed by atoms with van der Waals surface area (Å²) in [5, 5.41) is 10.6. The van der Waals surface area contributed by atoms with Crippen molar-refractivity contribution in [2.24, 2.45) is 0 Å². The summed E-state index contributed by atoms with van der Waals surface area (Å²) in [7, 11) is 0. The van der Waals surface area contributed by atoms with Crippen LogP contribution in [0.2, 0.25) is 0 Å². The SMILES string of the molecule is C[C@@H](Oc1ccc(-c2nnco2)cc1)C(=O)NC1CCCCC1. The summed E-state index contributed by atoms with van der Waals surface area (Å²) in [6.07, 6.45) is 6.55. The summed E-state index contributed by atoms with van der Waals surface area (Å²) >= 11 is 0. The zero-order valence-electron chi connectivity index (χ0n) is 13.2. The predicted molar refractivity (Wildman–Crippen MR) is 84.8 cm³/mol. The smallest absolute Gasteiger partial charge is 0.260 e. The maximum absolute atomic E-state index is 12.2. The minimum absolute atomic E-state index is 0.0575. The number of benzene rings is 1. The maximum Gasteiger partial charge on any atom is 0.260 e. The lowest BCUT2D eigenvalue weighted by Gasteiger charge is -2.24. The van der Waals surface area contributed by atoms with Crippen LogP contribution in [0.3, 0.4) is 0 Å². The van der Waals surface area contributed by atoms with Crippen LogP contribution in [0.25, 0.3) is 11.5 Å². The second-order valence-electron chi connectivity index (χ2n) is 5.87. The topological polar surface area (TPSA) is 77.2 Å². The fourth-order valence-corrected chi connectivity index (χ4v) is 2.80. The number of aromatic nitrogens is 2. The monoisotopic (exact) mass is 315 g/mol. The first-order valence-corrected chi connectivity index (χ1v) is 8.06. The van der Waals surface area contributed by atoms with E-state index >= 15 is 0 Å². The molecule has 3 rings (SSSR count). The lowest BCUT2D eigenvalue weighted by Crippen LogP contribution is -2.43. The first-order chi connectivity index (χ1) is 11.2. The van der Waals surface area contributed by atoms with Gasteiger partial charge in [-0.1, -0.05) is 19.3 Å². The quantitative estimate of drug-likeness (QED) is 0.918. The van der Waals surface area contributed by atoms with Gasteiger partial charge in [-0.05, 0) is 44.0 Å². The maximum atomic E-state index is 12.2. The van der Waals surface area contributed by atoms with E-state index in [1.165, 1.54) is 25.7 Å². The van der Waals surface area contributed by atoms with Crippen molar-refractivity contribution in [1.29, 1.82) is 0 Å². The molecule has 2 aromatic rings. The molecule has 1 aromatic heterocycles. The van der Waals surface area contributed by atoms with Gasteiger partial charge in [0, 0.05) is 11.6 Å². The standard InChI is InChI=1S/C17H21N3O3/c1-12(16(21)19-14-5-3-2-4-6-14)23-15-9-7-13(8-10-15)17-20-18-11-22-17/h7-12,14H,2-6H2,1H3,(H,19,21)/t12-/m1/s1. The highest BCUT2D eigenvalue weighted by Crippen LogP contribution is 2.21. The van der Waals surface area contributed by atoms with Gasteiger partial charge in [0.25, 0.3) is 5.91 Å². The van der Waals surface area contributed by atoms with E-state index < -0.39 is 6.10 Å². The molecule has 0 radical (unpaired) electrons. The Hall–Kier alpha value is -2.37. The highest BCUT2D eigenvalue weighted by Gasteiger charge is 2.20. The van der Waals surface area contributed by atoms with E-state index in [1.54, 1.807) is 19.1 Å². The Balaban J connectivity index is 1.54. The van der Waals surface area contributed by atoms with Gasteiger partial charge < -0.3 is 14.5 Å². The van der Waals surface area contributed by atoms with Crippen molar-refractivity contribution < 1.29 is 13.9 Å². The summed E-state index contributed by atoms with van der Waals surface area (Å²) in [5.74, 6) is 1.04. The van der Waals surface area contributed by atoms with Gasteiger partial charge in [0.15, 0.2) is 6.10 Å². The Morgan fingerprint density at radius 2 is 2.00 bits per heavy atom. The summed E-state index contributed by atoms with van der Waals surface area (Å²) in [6.45, 7) is 1.77. The summed E-state index contributed by atoms with van der Waals surface area (Å²) in [4.78, 5) is 12.2. The summed E-state index contributed by atoms with van der Waals surface area (Å²) < 4.78 is 10.8. The second kappa shape index (κ2) is 7.26. The molecule has 0 saturated heterocycles. The van der Waals surface area contributed by atoms with Crippen molar-refractivity contribution in [3.63, 3.8) is 0 Å². The van der Waals surface area contributed by atoms with Crippen LogP contribution in [-0.2, 0) is 4.79 Å². The normalized spacial score (nSPS) is 16.7. The van der Waals surface area contributed by atoms with Crippen molar-refractivity contribution in [2.45, 2.75) is 51.2 Å². The molecule has 1 N–H and O–H groups in total. The zero-order chi connectivity index (χ0) is 16.1. The fourth-order valence-electron chi connectivity index (χ4n) is 2.80. The molecule has 6 heteroatoms. The van der Waals surface area contributed by atoms with Crippen LogP contribution in [0.5, 0.6) is 5.75 Å². The first-order valence-electron chi connectivity index (χ1n) is 8.06. The molecular weight excluding hydrogens is 294 g/mol. The van der Waals surface area contributed by atoms with Gasteiger partial charge in [-0.3, -0.25) is 4.79 Å². The molecule has 1 aromatic carbocycles. The third-order valence-corrected chi connectivity index (χ3v) is 4.09. The number of nitrogens with one attached hydrogen (secondary N) is 1. The molecule has 0 spiro atoms. The number of rotatable bonds is 5. The van der Waals surface area contributed by atoms with Crippen LogP contribution in [0.4, 0.5) is 0 Å². The Labute approximate surface area is 135 Å². The lowest BCUT2D eigenvalue weighted by molar-refractivity contribution is -0.128. The summed E-state index contributed by atoms with van der Waals surface area (Å²) in [5.41, 5.74) is 0.814. The third-order valence-electron chi connectivity index (χ3n) is 4.09. The van der Waals surface area contributed by atoms with E-state index in [4.69, 9.17) is 9.15 Å². The number of amides is 1. The van der Waals surface area contributed by atoms with Gasteiger partial charge in [-0.25, -0.2) is 0 Å². The van der Waals surface area contributed by atoms with Gasteiger partial charge in [-0.2, -0.15) is 0 Å². The molecule has 1 fully saturated rings. The minimum atomic E-state index is -0.522. The molecule has 0 aliphatic heterocycles. The number of nitrogens with zero attached hydrogens (tertiary/aromatic N) is 2. The van der Waals surface area contributed by atoms with Gasteiger partial charge in [0.1, 0.15) is 5.75 Å². The van der Waals surface area contributed by atoms with E-state index in [-0.39, 0.29) is 5.91 Å². The van der Waals surface area contributed by atoms with Crippen LogP contribution in [0.15, 0.2) is 35.1 Å². The number of hydrogen-bond donors (Lipinski definition) is 1. The van der Waals surface area contributed by atoms with Crippen molar-refractivity contribution in [1.82, 2.24) is 15.5 Å². The molecule has 1 heterocycles. The van der Waals surface area contributed by atoms with Gasteiger partial charge in [-0.15, -0.1) is 10.2 Å². The van der Waals surface area contributed by atoms with Crippen LogP contribution >= 0.6 is 0 Å². The summed E-state index contributed by atoms with van der Waals surface area (Å²) in [6, 6.07) is 7.54.